The molecule has 0 radical (unpaired) electrons. The van der Waals surface area contributed by atoms with Crippen LogP contribution in [0.15, 0.2) is 29.2 Å². The van der Waals surface area contributed by atoms with Crippen LogP contribution in [0.5, 0.6) is 5.75 Å². The minimum absolute atomic E-state index is 0.228. The standard InChI is InChI=1S/C16H25NO3S/c1-3-17-16-6-4-5-13(16)11-12-21(18,19)15-9-7-14(20-2)8-10-15/h7-10,13,16-17H,3-6,11-12H2,1-2H3. The minimum Gasteiger partial charge on any atom is -0.497 e. The third kappa shape index (κ3) is 4.20. The lowest BCUT2D eigenvalue weighted by Crippen LogP contribution is -2.33. The number of sulfone groups is 1. The van der Waals surface area contributed by atoms with E-state index in [-0.39, 0.29) is 5.75 Å². The fourth-order valence-electron chi connectivity index (χ4n) is 3.12. The molecule has 1 aromatic rings. The summed E-state index contributed by atoms with van der Waals surface area (Å²) < 4.78 is 29.8. The molecule has 118 valence electrons. The van der Waals surface area contributed by atoms with Gasteiger partial charge in [0.25, 0.3) is 0 Å². The second-order valence-corrected chi connectivity index (χ2v) is 7.75. The van der Waals surface area contributed by atoms with Gasteiger partial charge in [-0.1, -0.05) is 13.3 Å². The summed E-state index contributed by atoms with van der Waals surface area (Å²) in [5.74, 6) is 1.39. The molecule has 21 heavy (non-hydrogen) atoms. The topological polar surface area (TPSA) is 55.4 Å². The normalized spacial score (nSPS) is 22.4. The summed E-state index contributed by atoms with van der Waals surface area (Å²) in [5.41, 5.74) is 0. The van der Waals surface area contributed by atoms with E-state index < -0.39 is 9.84 Å². The van der Waals surface area contributed by atoms with Crippen LogP contribution in [0.25, 0.3) is 0 Å². The summed E-state index contributed by atoms with van der Waals surface area (Å²) >= 11 is 0. The van der Waals surface area contributed by atoms with E-state index in [2.05, 4.69) is 12.2 Å². The highest BCUT2D eigenvalue weighted by Crippen LogP contribution is 2.29. The Labute approximate surface area is 127 Å². The third-order valence-corrected chi connectivity index (χ3v) is 6.06. The van der Waals surface area contributed by atoms with Gasteiger partial charge in [-0.15, -0.1) is 0 Å². The molecule has 0 aromatic heterocycles. The van der Waals surface area contributed by atoms with E-state index >= 15 is 0 Å². The first kappa shape index (κ1) is 16.3. The van der Waals surface area contributed by atoms with Crippen molar-refractivity contribution in [2.75, 3.05) is 19.4 Å². The summed E-state index contributed by atoms with van der Waals surface area (Å²) in [6.07, 6.45) is 4.24. The van der Waals surface area contributed by atoms with Gasteiger partial charge < -0.3 is 10.1 Å². The highest BCUT2D eigenvalue weighted by atomic mass is 32.2. The molecule has 0 amide bonds. The van der Waals surface area contributed by atoms with Crippen LogP contribution in [0, 0.1) is 5.92 Å². The molecule has 1 aliphatic rings. The Morgan fingerprint density at radius 1 is 1.24 bits per heavy atom. The van der Waals surface area contributed by atoms with Gasteiger partial charge in [0.1, 0.15) is 5.75 Å². The van der Waals surface area contributed by atoms with Gasteiger partial charge in [-0.05, 0) is 56.0 Å². The van der Waals surface area contributed by atoms with Crippen LogP contribution in [0.3, 0.4) is 0 Å². The van der Waals surface area contributed by atoms with Crippen LogP contribution >= 0.6 is 0 Å². The van der Waals surface area contributed by atoms with Crippen molar-refractivity contribution >= 4 is 9.84 Å². The smallest absolute Gasteiger partial charge is 0.178 e. The Balaban J connectivity index is 1.97. The van der Waals surface area contributed by atoms with Crippen molar-refractivity contribution in [3.8, 4) is 5.75 Å². The SMILES string of the molecule is CCNC1CCCC1CCS(=O)(=O)c1ccc(OC)cc1. The molecule has 5 heteroatoms. The number of hydrogen-bond donors (Lipinski definition) is 1. The highest BCUT2D eigenvalue weighted by molar-refractivity contribution is 7.91. The second-order valence-electron chi connectivity index (χ2n) is 5.64. The quantitative estimate of drug-likeness (QED) is 0.841. The Morgan fingerprint density at radius 2 is 1.95 bits per heavy atom. The summed E-state index contributed by atoms with van der Waals surface area (Å²) in [5, 5.41) is 3.47. The van der Waals surface area contributed by atoms with E-state index in [0.29, 0.717) is 22.6 Å². The van der Waals surface area contributed by atoms with E-state index in [4.69, 9.17) is 4.74 Å². The van der Waals surface area contributed by atoms with Crippen molar-refractivity contribution in [3.05, 3.63) is 24.3 Å². The van der Waals surface area contributed by atoms with Crippen LogP contribution in [0.1, 0.15) is 32.6 Å². The number of rotatable bonds is 7. The van der Waals surface area contributed by atoms with Gasteiger partial charge in [0.05, 0.1) is 17.8 Å². The number of nitrogens with one attached hydrogen (secondary N) is 1. The molecule has 1 fully saturated rings. The van der Waals surface area contributed by atoms with Crippen molar-refractivity contribution in [2.45, 2.75) is 43.5 Å². The van der Waals surface area contributed by atoms with Crippen LogP contribution in [-0.2, 0) is 9.84 Å². The minimum atomic E-state index is -3.19. The molecule has 0 bridgehead atoms. The lowest BCUT2D eigenvalue weighted by molar-refractivity contribution is 0.398. The second kappa shape index (κ2) is 7.27. The maximum absolute atomic E-state index is 12.4. The Bertz CT molecular complexity index is 539. The van der Waals surface area contributed by atoms with Crippen molar-refractivity contribution in [2.24, 2.45) is 5.92 Å². The van der Waals surface area contributed by atoms with Crippen molar-refractivity contribution in [1.29, 1.82) is 0 Å². The third-order valence-electron chi connectivity index (χ3n) is 4.30. The molecular formula is C16H25NO3S. The van der Waals surface area contributed by atoms with Crippen LogP contribution in [-0.4, -0.2) is 33.9 Å². The average molecular weight is 311 g/mol. The summed E-state index contributed by atoms with van der Waals surface area (Å²) in [7, 11) is -1.62. The fraction of sp³-hybridized carbons (Fsp3) is 0.625. The van der Waals surface area contributed by atoms with Crippen LogP contribution in [0.2, 0.25) is 0 Å². The molecular weight excluding hydrogens is 286 g/mol. The van der Waals surface area contributed by atoms with Crippen LogP contribution < -0.4 is 10.1 Å². The molecule has 0 heterocycles. The zero-order chi connectivity index (χ0) is 15.3. The zero-order valence-corrected chi connectivity index (χ0v) is 13.7. The first-order valence-electron chi connectivity index (χ1n) is 7.67. The number of hydrogen-bond acceptors (Lipinski definition) is 4. The van der Waals surface area contributed by atoms with Gasteiger partial charge in [-0.25, -0.2) is 8.42 Å². The lowest BCUT2D eigenvalue weighted by Gasteiger charge is -2.20. The van der Waals surface area contributed by atoms with Gasteiger partial charge >= 0.3 is 0 Å². The molecule has 0 spiro atoms. The molecule has 0 aliphatic heterocycles. The molecule has 0 saturated heterocycles. The van der Waals surface area contributed by atoms with Crippen molar-refractivity contribution in [1.82, 2.24) is 5.32 Å². The summed E-state index contributed by atoms with van der Waals surface area (Å²) in [4.78, 5) is 0.390. The molecule has 1 aliphatic carbocycles. The van der Waals surface area contributed by atoms with Crippen molar-refractivity contribution < 1.29 is 13.2 Å². The molecule has 2 unspecified atom stereocenters. The maximum Gasteiger partial charge on any atom is 0.178 e. The summed E-state index contributed by atoms with van der Waals surface area (Å²) in [6, 6.07) is 7.14. The average Bonchev–Trinajstić information content (AvgIpc) is 2.93. The Kier molecular flexibility index (Phi) is 5.65. The molecule has 2 atom stereocenters. The zero-order valence-electron chi connectivity index (χ0n) is 12.8. The first-order chi connectivity index (χ1) is 10.1. The Hall–Kier alpha value is -1.07. The lowest BCUT2D eigenvalue weighted by atomic mass is 10.0. The van der Waals surface area contributed by atoms with Gasteiger partial charge in [-0.2, -0.15) is 0 Å². The van der Waals surface area contributed by atoms with Gasteiger partial charge in [0.15, 0.2) is 9.84 Å². The molecule has 2 rings (SSSR count). The highest BCUT2D eigenvalue weighted by Gasteiger charge is 2.28. The van der Waals surface area contributed by atoms with Gasteiger partial charge in [0, 0.05) is 6.04 Å². The van der Waals surface area contributed by atoms with Crippen molar-refractivity contribution in [3.63, 3.8) is 0 Å². The Morgan fingerprint density at radius 3 is 2.57 bits per heavy atom. The number of ether oxygens (including phenoxy) is 1. The molecule has 1 aromatic carbocycles. The number of methoxy groups -OCH3 is 1. The van der Waals surface area contributed by atoms with E-state index in [1.165, 1.54) is 12.8 Å². The van der Waals surface area contributed by atoms with E-state index in [9.17, 15) is 8.42 Å². The van der Waals surface area contributed by atoms with Gasteiger partial charge in [0.2, 0.25) is 0 Å². The summed E-state index contributed by atoms with van der Waals surface area (Å²) in [6.45, 7) is 3.05. The van der Waals surface area contributed by atoms with E-state index in [1.54, 1.807) is 31.4 Å². The monoisotopic (exact) mass is 311 g/mol. The van der Waals surface area contributed by atoms with E-state index in [1.807, 2.05) is 0 Å². The fourth-order valence-corrected chi connectivity index (χ4v) is 4.52. The van der Waals surface area contributed by atoms with Gasteiger partial charge in [-0.3, -0.25) is 0 Å². The molecule has 1 saturated carbocycles. The molecule has 4 nitrogen and oxygen atoms in total. The molecule has 1 N–H and O–H groups in total. The van der Waals surface area contributed by atoms with Crippen LogP contribution in [0.4, 0.5) is 0 Å². The first-order valence-corrected chi connectivity index (χ1v) is 9.32. The predicted molar refractivity (Wildman–Crippen MR) is 84.5 cm³/mol. The number of benzene rings is 1. The van der Waals surface area contributed by atoms with E-state index in [0.717, 1.165) is 19.4 Å². The largest absolute Gasteiger partial charge is 0.497 e. The maximum atomic E-state index is 12.4. The predicted octanol–water partition coefficient (Wildman–Crippen LogP) is 2.64.